The maximum absolute atomic E-state index is 10.8. The van der Waals surface area contributed by atoms with E-state index in [9.17, 15) is 4.79 Å². The molecule has 0 aliphatic carbocycles. The van der Waals surface area contributed by atoms with Crippen molar-refractivity contribution < 1.29 is 19.0 Å². The number of hydrogen-bond donors (Lipinski definition) is 2. The summed E-state index contributed by atoms with van der Waals surface area (Å²) >= 11 is 0. The molecule has 0 bridgehead atoms. The first kappa shape index (κ1) is 16.5. The summed E-state index contributed by atoms with van der Waals surface area (Å²) in [5.41, 5.74) is 7.07. The van der Waals surface area contributed by atoms with E-state index in [4.69, 9.17) is 19.9 Å². The zero-order valence-electron chi connectivity index (χ0n) is 13.2. The van der Waals surface area contributed by atoms with Crippen molar-refractivity contribution in [3.63, 3.8) is 0 Å². The van der Waals surface area contributed by atoms with Gasteiger partial charge in [-0.25, -0.2) is 0 Å². The van der Waals surface area contributed by atoms with Gasteiger partial charge in [-0.2, -0.15) is 0 Å². The van der Waals surface area contributed by atoms with Crippen LogP contribution in [0.1, 0.15) is 5.56 Å². The van der Waals surface area contributed by atoms with Gasteiger partial charge in [0.15, 0.2) is 18.1 Å². The van der Waals surface area contributed by atoms with Crippen LogP contribution in [0.15, 0.2) is 42.5 Å². The monoisotopic (exact) mass is 316 g/mol. The van der Waals surface area contributed by atoms with Gasteiger partial charge in [-0.15, -0.1) is 0 Å². The van der Waals surface area contributed by atoms with E-state index >= 15 is 0 Å². The lowest BCUT2D eigenvalue weighted by Gasteiger charge is -2.12. The van der Waals surface area contributed by atoms with Crippen LogP contribution in [0.5, 0.6) is 17.2 Å². The third-order valence-corrected chi connectivity index (χ3v) is 3.18. The van der Waals surface area contributed by atoms with Gasteiger partial charge < -0.3 is 25.3 Å². The summed E-state index contributed by atoms with van der Waals surface area (Å²) in [5, 5.41) is 3.31. The molecule has 0 aromatic heterocycles. The van der Waals surface area contributed by atoms with Crippen molar-refractivity contribution in [2.24, 2.45) is 5.73 Å². The van der Waals surface area contributed by atoms with Gasteiger partial charge in [0.2, 0.25) is 0 Å². The van der Waals surface area contributed by atoms with E-state index in [0.717, 1.165) is 17.0 Å². The number of anilines is 1. The number of carbonyl (C=O) groups excluding carboxylic acids is 1. The number of carbonyl (C=O) groups is 1. The van der Waals surface area contributed by atoms with Crippen molar-refractivity contribution in [1.82, 2.24) is 0 Å². The molecule has 0 unspecified atom stereocenters. The number of nitrogens with two attached hydrogens (primary N) is 1. The van der Waals surface area contributed by atoms with E-state index in [1.54, 1.807) is 20.3 Å². The lowest BCUT2D eigenvalue weighted by molar-refractivity contribution is -0.119. The second kappa shape index (κ2) is 7.93. The fourth-order valence-electron chi connectivity index (χ4n) is 2.00. The third kappa shape index (κ3) is 4.81. The summed E-state index contributed by atoms with van der Waals surface area (Å²) in [6.07, 6.45) is 0. The maximum atomic E-state index is 10.8. The Labute approximate surface area is 135 Å². The van der Waals surface area contributed by atoms with Crippen LogP contribution in [-0.4, -0.2) is 26.7 Å². The van der Waals surface area contributed by atoms with Crippen molar-refractivity contribution in [1.29, 1.82) is 0 Å². The smallest absolute Gasteiger partial charge is 0.255 e. The highest BCUT2D eigenvalue weighted by atomic mass is 16.5. The summed E-state index contributed by atoms with van der Waals surface area (Å²) < 4.78 is 15.7. The highest BCUT2D eigenvalue weighted by Crippen LogP contribution is 2.28. The summed E-state index contributed by atoms with van der Waals surface area (Å²) in [4.78, 5) is 10.8. The number of hydrogen-bond acceptors (Lipinski definition) is 5. The highest BCUT2D eigenvalue weighted by molar-refractivity contribution is 5.75. The maximum Gasteiger partial charge on any atom is 0.255 e. The molecule has 0 heterocycles. The van der Waals surface area contributed by atoms with Crippen LogP contribution in [-0.2, 0) is 11.3 Å². The third-order valence-electron chi connectivity index (χ3n) is 3.18. The Bertz CT molecular complexity index is 656. The Morgan fingerprint density at radius 2 is 1.78 bits per heavy atom. The zero-order chi connectivity index (χ0) is 16.7. The van der Waals surface area contributed by atoms with Crippen LogP contribution >= 0.6 is 0 Å². The molecule has 0 aliphatic heterocycles. The molecule has 2 aromatic carbocycles. The largest absolute Gasteiger partial charge is 0.497 e. The van der Waals surface area contributed by atoms with E-state index < -0.39 is 5.91 Å². The minimum Gasteiger partial charge on any atom is -0.497 e. The predicted octanol–water partition coefficient (Wildman–Crippen LogP) is 2.18. The fourth-order valence-corrected chi connectivity index (χ4v) is 2.00. The summed E-state index contributed by atoms with van der Waals surface area (Å²) in [5.74, 6) is 1.32. The van der Waals surface area contributed by atoms with E-state index in [1.807, 2.05) is 36.4 Å². The minimum atomic E-state index is -0.530. The molecule has 3 N–H and O–H groups in total. The standard InChI is InChI=1S/C17H20N2O4/c1-21-14-6-4-13(5-7-14)19-10-12-3-8-15(16(9-12)22-2)23-11-17(18)20/h3-9,19H,10-11H2,1-2H3,(H2,18,20). The average Bonchev–Trinajstić information content (AvgIpc) is 2.58. The van der Waals surface area contributed by atoms with Gasteiger partial charge in [0.1, 0.15) is 5.75 Å². The SMILES string of the molecule is COc1ccc(NCc2ccc(OCC(N)=O)c(OC)c2)cc1. The van der Waals surface area contributed by atoms with E-state index in [2.05, 4.69) is 5.32 Å². The molecule has 0 aliphatic rings. The molecule has 6 nitrogen and oxygen atoms in total. The molecule has 0 spiro atoms. The number of ether oxygens (including phenoxy) is 3. The number of benzene rings is 2. The molecule has 23 heavy (non-hydrogen) atoms. The van der Waals surface area contributed by atoms with Gasteiger partial charge in [0, 0.05) is 12.2 Å². The average molecular weight is 316 g/mol. The van der Waals surface area contributed by atoms with Crippen LogP contribution in [0, 0.1) is 0 Å². The molecular weight excluding hydrogens is 296 g/mol. The topological polar surface area (TPSA) is 82.8 Å². The van der Waals surface area contributed by atoms with Crippen LogP contribution in [0.4, 0.5) is 5.69 Å². The van der Waals surface area contributed by atoms with Crippen molar-refractivity contribution in [2.75, 3.05) is 26.1 Å². The molecule has 0 fully saturated rings. The van der Waals surface area contributed by atoms with E-state index in [0.29, 0.717) is 18.0 Å². The first-order valence-electron chi connectivity index (χ1n) is 7.08. The van der Waals surface area contributed by atoms with Crippen LogP contribution in [0.3, 0.4) is 0 Å². The molecule has 122 valence electrons. The summed E-state index contributed by atoms with van der Waals surface area (Å²) in [7, 11) is 3.18. The Kier molecular flexibility index (Phi) is 5.68. The first-order chi connectivity index (χ1) is 11.1. The van der Waals surface area contributed by atoms with E-state index in [-0.39, 0.29) is 6.61 Å². The van der Waals surface area contributed by atoms with Gasteiger partial charge in [0.05, 0.1) is 14.2 Å². The zero-order valence-corrected chi connectivity index (χ0v) is 13.2. The minimum absolute atomic E-state index is 0.181. The molecule has 1 amide bonds. The molecule has 0 radical (unpaired) electrons. The molecule has 6 heteroatoms. The highest BCUT2D eigenvalue weighted by Gasteiger charge is 2.07. The van der Waals surface area contributed by atoms with Crippen LogP contribution < -0.4 is 25.3 Å². The fraction of sp³-hybridized carbons (Fsp3) is 0.235. The van der Waals surface area contributed by atoms with E-state index in [1.165, 1.54) is 0 Å². The summed E-state index contributed by atoms with van der Waals surface area (Å²) in [6, 6.07) is 13.2. The number of rotatable bonds is 8. The Hall–Kier alpha value is -2.89. The molecule has 2 aromatic rings. The van der Waals surface area contributed by atoms with Crippen LogP contribution in [0.25, 0.3) is 0 Å². The quantitative estimate of drug-likeness (QED) is 0.780. The number of primary amides is 1. The lowest BCUT2D eigenvalue weighted by atomic mass is 10.2. The molecule has 0 saturated carbocycles. The van der Waals surface area contributed by atoms with Gasteiger partial charge in [-0.3, -0.25) is 4.79 Å². The van der Waals surface area contributed by atoms with Crippen LogP contribution in [0.2, 0.25) is 0 Å². The molecule has 0 saturated heterocycles. The Morgan fingerprint density at radius 1 is 1.04 bits per heavy atom. The predicted molar refractivity (Wildman–Crippen MR) is 88.0 cm³/mol. The lowest BCUT2D eigenvalue weighted by Crippen LogP contribution is -2.20. The second-order valence-corrected chi connectivity index (χ2v) is 4.82. The number of methoxy groups -OCH3 is 2. The van der Waals surface area contributed by atoms with Gasteiger partial charge in [0.25, 0.3) is 5.91 Å². The number of amides is 1. The molecule has 0 atom stereocenters. The number of nitrogens with one attached hydrogen (secondary N) is 1. The van der Waals surface area contributed by atoms with Crippen molar-refractivity contribution in [2.45, 2.75) is 6.54 Å². The van der Waals surface area contributed by atoms with Gasteiger partial charge in [-0.05, 0) is 42.0 Å². The molecule has 2 rings (SSSR count). The Balaban J connectivity index is 2.00. The first-order valence-corrected chi connectivity index (χ1v) is 7.08. The van der Waals surface area contributed by atoms with Gasteiger partial charge in [-0.1, -0.05) is 6.07 Å². The second-order valence-electron chi connectivity index (χ2n) is 4.82. The summed E-state index contributed by atoms with van der Waals surface area (Å²) in [6.45, 7) is 0.443. The van der Waals surface area contributed by atoms with Crippen molar-refractivity contribution in [3.8, 4) is 17.2 Å². The van der Waals surface area contributed by atoms with Crippen molar-refractivity contribution in [3.05, 3.63) is 48.0 Å². The molecular formula is C17H20N2O4. The normalized spacial score (nSPS) is 10.0. The Morgan fingerprint density at radius 3 is 2.39 bits per heavy atom. The van der Waals surface area contributed by atoms with Gasteiger partial charge >= 0.3 is 0 Å². The van der Waals surface area contributed by atoms with Crippen molar-refractivity contribution >= 4 is 11.6 Å².